The Balaban J connectivity index is 4.35. The van der Waals surface area contributed by atoms with Crippen molar-refractivity contribution in [1.29, 1.82) is 0 Å². The van der Waals surface area contributed by atoms with E-state index in [0.717, 1.165) is 25.7 Å². The van der Waals surface area contributed by atoms with Gasteiger partial charge in [-0.3, -0.25) is 4.79 Å². The summed E-state index contributed by atoms with van der Waals surface area (Å²) in [6, 6.07) is 0. The van der Waals surface area contributed by atoms with Crippen molar-refractivity contribution in [1.82, 2.24) is 0 Å². The van der Waals surface area contributed by atoms with Gasteiger partial charge in [-0.1, -0.05) is 43.7 Å². The molecular formula is C19H32O2. The maximum atomic E-state index is 11.7. The van der Waals surface area contributed by atoms with Gasteiger partial charge in [0.25, 0.3) is 0 Å². The van der Waals surface area contributed by atoms with E-state index in [-0.39, 0.29) is 11.9 Å². The fourth-order valence-corrected chi connectivity index (χ4v) is 1.84. The van der Waals surface area contributed by atoms with Crippen LogP contribution in [0.15, 0.2) is 36.0 Å². The minimum atomic E-state index is -0.571. The van der Waals surface area contributed by atoms with E-state index in [1.165, 1.54) is 11.1 Å². The van der Waals surface area contributed by atoms with Crippen molar-refractivity contribution in [3.63, 3.8) is 0 Å². The molecule has 0 saturated heterocycles. The number of carbonyl (C=O) groups excluding carboxylic acids is 1. The van der Waals surface area contributed by atoms with Crippen LogP contribution >= 0.6 is 0 Å². The molecule has 0 heterocycles. The summed E-state index contributed by atoms with van der Waals surface area (Å²) in [5.74, 6) is -0.271. The van der Waals surface area contributed by atoms with Crippen molar-refractivity contribution in [2.75, 3.05) is 0 Å². The highest BCUT2D eigenvalue weighted by molar-refractivity contribution is 5.72. The van der Waals surface area contributed by atoms with Gasteiger partial charge < -0.3 is 4.74 Å². The lowest BCUT2D eigenvalue weighted by Gasteiger charge is -2.26. The Morgan fingerprint density at radius 1 is 1.19 bits per heavy atom. The summed E-state index contributed by atoms with van der Waals surface area (Å²) in [5, 5.41) is 0. The predicted octanol–water partition coefficient (Wildman–Crippen LogP) is 5.60. The molecule has 0 radical (unpaired) electrons. The Labute approximate surface area is 131 Å². The molecule has 0 aromatic carbocycles. The zero-order valence-electron chi connectivity index (χ0n) is 14.7. The van der Waals surface area contributed by atoms with Crippen LogP contribution in [-0.4, -0.2) is 11.6 Å². The lowest BCUT2D eigenvalue weighted by Crippen LogP contribution is -2.31. The molecule has 21 heavy (non-hydrogen) atoms. The first-order valence-electron chi connectivity index (χ1n) is 7.85. The van der Waals surface area contributed by atoms with Crippen molar-refractivity contribution in [2.24, 2.45) is 5.92 Å². The zero-order valence-corrected chi connectivity index (χ0v) is 14.7. The molecule has 0 aromatic heterocycles. The molecule has 0 amide bonds. The number of esters is 1. The van der Waals surface area contributed by atoms with E-state index in [1.54, 1.807) is 6.08 Å². The Morgan fingerprint density at radius 2 is 1.81 bits per heavy atom. The molecule has 0 N–H and O–H groups in total. The molecule has 0 fully saturated rings. The number of carbonyl (C=O) groups is 1. The SMILES string of the molecule is C=CC(C)(CC/C=C(\C)CCC=C(C)C)OC(=O)C(C)C. The second-order valence-electron chi connectivity index (χ2n) is 6.50. The third kappa shape index (κ3) is 9.28. The summed E-state index contributed by atoms with van der Waals surface area (Å²) >= 11 is 0. The maximum Gasteiger partial charge on any atom is 0.309 e. The zero-order chi connectivity index (χ0) is 16.5. The van der Waals surface area contributed by atoms with Crippen LogP contribution in [-0.2, 0) is 9.53 Å². The summed E-state index contributed by atoms with van der Waals surface area (Å²) in [5.41, 5.74) is 2.18. The van der Waals surface area contributed by atoms with E-state index < -0.39 is 5.60 Å². The van der Waals surface area contributed by atoms with E-state index in [2.05, 4.69) is 39.5 Å². The summed E-state index contributed by atoms with van der Waals surface area (Å²) in [4.78, 5) is 11.7. The second kappa shape index (κ2) is 9.59. The topological polar surface area (TPSA) is 26.3 Å². The molecule has 120 valence electrons. The van der Waals surface area contributed by atoms with E-state index in [1.807, 2.05) is 20.8 Å². The molecule has 2 nitrogen and oxygen atoms in total. The molecule has 2 heteroatoms. The average Bonchev–Trinajstić information content (AvgIpc) is 2.38. The van der Waals surface area contributed by atoms with Crippen LogP contribution in [0.3, 0.4) is 0 Å². The Morgan fingerprint density at radius 3 is 2.29 bits per heavy atom. The van der Waals surface area contributed by atoms with Crippen molar-refractivity contribution < 1.29 is 9.53 Å². The number of ether oxygens (including phenoxy) is 1. The number of hydrogen-bond donors (Lipinski definition) is 0. The molecule has 0 aromatic rings. The standard InChI is InChI=1S/C19H32O2/c1-8-19(7,21-18(20)16(4)5)14-10-13-17(6)12-9-11-15(2)3/h8,11,13,16H,1,9-10,12,14H2,2-7H3/b17-13+. The number of rotatable bonds is 9. The quantitative estimate of drug-likeness (QED) is 0.408. The Kier molecular flexibility index (Phi) is 9.00. The van der Waals surface area contributed by atoms with Gasteiger partial charge in [-0.15, -0.1) is 0 Å². The van der Waals surface area contributed by atoms with Gasteiger partial charge in [-0.05, 0) is 59.5 Å². The fraction of sp³-hybridized carbons (Fsp3) is 0.632. The van der Waals surface area contributed by atoms with Gasteiger partial charge in [0.05, 0.1) is 5.92 Å². The lowest BCUT2D eigenvalue weighted by molar-refractivity contribution is -0.158. The summed E-state index contributed by atoms with van der Waals surface area (Å²) in [6.45, 7) is 15.8. The highest BCUT2D eigenvalue weighted by Gasteiger charge is 2.25. The summed E-state index contributed by atoms with van der Waals surface area (Å²) < 4.78 is 5.55. The largest absolute Gasteiger partial charge is 0.455 e. The highest BCUT2D eigenvalue weighted by Crippen LogP contribution is 2.22. The fourth-order valence-electron chi connectivity index (χ4n) is 1.84. The van der Waals surface area contributed by atoms with E-state index in [0.29, 0.717) is 0 Å². The van der Waals surface area contributed by atoms with Crippen molar-refractivity contribution in [3.8, 4) is 0 Å². The molecule has 1 unspecified atom stereocenters. The summed E-state index contributed by atoms with van der Waals surface area (Å²) in [7, 11) is 0. The molecule has 1 atom stereocenters. The van der Waals surface area contributed by atoms with Crippen molar-refractivity contribution in [2.45, 2.75) is 72.8 Å². The van der Waals surface area contributed by atoms with E-state index >= 15 is 0 Å². The average molecular weight is 292 g/mol. The molecule has 0 aliphatic rings. The van der Waals surface area contributed by atoms with Gasteiger partial charge in [0, 0.05) is 0 Å². The van der Waals surface area contributed by atoms with Crippen LogP contribution in [0.4, 0.5) is 0 Å². The summed E-state index contributed by atoms with van der Waals surface area (Å²) in [6.07, 6.45) is 10.1. The van der Waals surface area contributed by atoms with Crippen LogP contribution in [0, 0.1) is 5.92 Å². The highest BCUT2D eigenvalue weighted by atomic mass is 16.6. The van der Waals surface area contributed by atoms with Crippen LogP contribution in [0.1, 0.15) is 67.2 Å². The lowest BCUT2D eigenvalue weighted by atomic mass is 9.98. The Hall–Kier alpha value is -1.31. The second-order valence-corrected chi connectivity index (χ2v) is 6.50. The smallest absolute Gasteiger partial charge is 0.309 e. The van der Waals surface area contributed by atoms with Gasteiger partial charge in [-0.2, -0.15) is 0 Å². The van der Waals surface area contributed by atoms with Crippen LogP contribution in [0.5, 0.6) is 0 Å². The number of allylic oxidation sites excluding steroid dienone is 4. The Bertz CT molecular complexity index is 398. The molecule has 0 aliphatic carbocycles. The first-order chi connectivity index (χ1) is 9.70. The van der Waals surface area contributed by atoms with Gasteiger partial charge >= 0.3 is 5.97 Å². The third-order valence-electron chi connectivity index (χ3n) is 3.46. The van der Waals surface area contributed by atoms with Crippen LogP contribution in [0.25, 0.3) is 0 Å². The van der Waals surface area contributed by atoms with Gasteiger partial charge in [0.2, 0.25) is 0 Å². The van der Waals surface area contributed by atoms with Gasteiger partial charge in [-0.25, -0.2) is 0 Å². The molecule has 0 bridgehead atoms. The molecule has 0 aliphatic heterocycles. The van der Waals surface area contributed by atoms with Crippen LogP contribution < -0.4 is 0 Å². The molecule has 0 saturated carbocycles. The predicted molar refractivity (Wildman–Crippen MR) is 91.2 cm³/mol. The molecule has 0 spiro atoms. The third-order valence-corrected chi connectivity index (χ3v) is 3.46. The minimum absolute atomic E-state index is 0.106. The maximum absolute atomic E-state index is 11.7. The van der Waals surface area contributed by atoms with Crippen molar-refractivity contribution >= 4 is 5.97 Å². The minimum Gasteiger partial charge on any atom is -0.455 e. The normalized spacial score (nSPS) is 14.5. The monoisotopic (exact) mass is 292 g/mol. The van der Waals surface area contributed by atoms with Gasteiger partial charge in [0.1, 0.15) is 5.60 Å². The van der Waals surface area contributed by atoms with Crippen molar-refractivity contribution in [3.05, 3.63) is 36.0 Å². The van der Waals surface area contributed by atoms with Crippen LogP contribution in [0.2, 0.25) is 0 Å². The first kappa shape index (κ1) is 19.7. The number of hydrogen-bond acceptors (Lipinski definition) is 2. The molecule has 0 rings (SSSR count). The van der Waals surface area contributed by atoms with E-state index in [9.17, 15) is 4.79 Å². The van der Waals surface area contributed by atoms with E-state index in [4.69, 9.17) is 4.74 Å². The first-order valence-corrected chi connectivity index (χ1v) is 7.85. The molecular weight excluding hydrogens is 260 g/mol. The van der Waals surface area contributed by atoms with Gasteiger partial charge in [0.15, 0.2) is 0 Å².